The second-order valence-electron chi connectivity index (χ2n) is 9.22. The molecule has 3 aromatic heterocycles. The highest BCUT2D eigenvalue weighted by molar-refractivity contribution is 6.45. The zero-order chi connectivity index (χ0) is 28.1. The van der Waals surface area contributed by atoms with E-state index in [0.717, 1.165) is 0 Å². The summed E-state index contributed by atoms with van der Waals surface area (Å²) < 4.78 is 37.8. The van der Waals surface area contributed by atoms with Crippen LogP contribution in [-0.2, 0) is 0 Å². The van der Waals surface area contributed by atoms with Crippen LogP contribution < -0.4 is 26.6 Å². The van der Waals surface area contributed by atoms with Crippen LogP contribution in [0, 0.1) is 11.6 Å². The van der Waals surface area contributed by atoms with Crippen molar-refractivity contribution in [1.82, 2.24) is 29.3 Å². The van der Waals surface area contributed by atoms with E-state index in [0.29, 0.717) is 40.0 Å². The zero-order valence-electron chi connectivity index (χ0n) is 21.4. The maximum Gasteiger partial charge on any atom is 0.267 e. The van der Waals surface area contributed by atoms with Crippen LogP contribution in [0.1, 0.15) is 31.6 Å². The quantitative estimate of drug-likeness (QED) is 0.350. The average molecular weight is 562 g/mol. The number of aromatic nitrogens is 6. The normalized spacial score (nSPS) is 13.7. The maximum absolute atomic E-state index is 15.2. The van der Waals surface area contributed by atoms with Gasteiger partial charge < -0.3 is 10.5 Å². The number of nitrogen functional groups attached to an aromatic ring is 1. The van der Waals surface area contributed by atoms with E-state index >= 15 is 4.39 Å². The number of fused-ring (bicyclic) bond motifs is 2. The molecule has 0 spiro atoms. The van der Waals surface area contributed by atoms with Gasteiger partial charge >= 0.3 is 0 Å². The van der Waals surface area contributed by atoms with Gasteiger partial charge in [0.1, 0.15) is 29.7 Å². The molecule has 1 aliphatic carbocycles. The fourth-order valence-electron chi connectivity index (χ4n) is 4.96. The van der Waals surface area contributed by atoms with E-state index < -0.39 is 17.7 Å². The largest absolute Gasteiger partial charge is 0.494 e. The summed E-state index contributed by atoms with van der Waals surface area (Å²) in [6.07, 6.45) is 4.31. The van der Waals surface area contributed by atoms with Crippen LogP contribution in [0.5, 0.6) is 5.75 Å². The van der Waals surface area contributed by atoms with Gasteiger partial charge in [0, 0.05) is 10.6 Å². The summed E-state index contributed by atoms with van der Waals surface area (Å²) in [6, 6.07) is 11.0. The van der Waals surface area contributed by atoms with E-state index in [2.05, 4.69) is 15.1 Å². The summed E-state index contributed by atoms with van der Waals surface area (Å²) in [5, 5.41) is 6.14. The van der Waals surface area contributed by atoms with Crippen LogP contribution in [0.2, 0.25) is 0 Å². The van der Waals surface area contributed by atoms with Gasteiger partial charge in [0.15, 0.2) is 17.2 Å². The molecule has 202 valence electrons. The summed E-state index contributed by atoms with van der Waals surface area (Å²) in [6.45, 7) is 1.78. The van der Waals surface area contributed by atoms with Gasteiger partial charge in [-0.2, -0.15) is 9.49 Å². The van der Waals surface area contributed by atoms with Crippen molar-refractivity contribution >= 4 is 39.6 Å². The van der Waals surface area contributed by atoms with E-state index in [-0.39, 0.29) is 39.4 Å². The molecule has 0 saturated carbocycles. The van der Waals surface area contributed by atoms with Gasteiger partial charge in [0.2, 0.25) is 5.82 Å². The molecule has 0 amide bonds. The zero-order valence-corrected chi connectivity index (χ0v) is 22.2. The SMILES string of the molecule is COc1ccc(-c2nn([C@@H](C)c3nc4c(c(=O)n3-c3ccccc3)=C(Cl)CCC=4)c3ncnc(N)c23)c(F)c1F. The molecule has 0 bridgehead atoms. The summed E-state index contributed by atoms with van der Waals surface area (Å²) in [5.41, 5.74) is 6.60. The fourth-order valence-corrected chi connectivity index (χ4v) is 5.25. The second kappa shape index (κ2) is 9.83. The highest BCUT2D eigenvalue weighted by Crippen LogP contribution is 2.36. The van der Waals surface area contributed by atoms with Gasteiger partial charge in [-0.15, -0.1) is 0 Å². The molecule has 2 aromatic carbocycles. The van der Waals surface area contributed by atoms with E-state index in [9.17, 15) is 9.18 Å². The fraction of sp³-hybridized carbons (Fsp3) is 0.179. The Balaban J connectivity index is 1.65. The first-order chi connectivity index (χ1) is 19.3. The first-order valence-corrected chi connectivity index (χ1v) is 12.8. The van der Waals surface area contributed by atoms with Crippen LogP contribution in [-0.4, -0.2) is 36.4 Å². The van der Waals surface area contributed by atoms with Gasteiger partial charge in [0.05, 0.1) is 28.8 Å². The van der Waals surface area contributed by atoms with Gasteiger partial charge in [-0.05, 0) is 44.0 Å². The number of para-hydroxylation sites is 1. The number of nitrogens with zero attached hydrogens (tertiary/aromatic N) is 6. The molecule has 2 N–H and O–H groups in total. The molecule has 0 saturated heterocycles. The summed E-state index contributed by atoms with van der Waals surface area (Å²) in [5.74, 6) is -2.20. The molecule has 0 radical (unpaired) electrons. The van der Waals surface area contributed by atoms with Gasteiger partial charge in [-0.25, -0.2) is 24.0 Å². The summed E-state index contributed by atoms with van der Waals surface area (Å²) >= 11 is 6.50. The number of rotatable bonds is 5. The lowest BCUT2D eigenvalue weighted by atomic mass is 10.1. The molecule has 40 heavy (non-hydrogen) atoms. The number of nitrogens with two attached hydrogens (primary N) is 1. The lowest BCUT2D eigenvalue weighted by Gasteiger charge is -2.19. The monoisotopic (exact) mass is 561 g/mol. The smallest absolute Gasteiger partial charge is 0.267 e. The third-order valence-electron chi connectivity index (χ3n) is 6.90. The van der Waals surface area contributed by atoms with Gasteiger partial charge in [-0.3, -0.25) is 9.36 Å². The van der Waals surface area contributed by atoms with Crippen LogP contribution in [0.4, 0.5) is 14.6 Å². The van der Waals surface area contributed by atoms with E-state index in [1.165, 1.54) is 34.8 Å². The van der Waals surface area contributed by atoms with Crippen LogP contribution >= 0.6 is 11.6 Å². The Labute approximate surface area is 230 Å². The molecular weight excluding hydrogens is 540 g/mol. The molecule has 0 aliphatic heterocycles. The molecule has 0 fully saturated rings. The van der Waals surface area contributed by atoms with Gasteiger partial charge in [-0.1, -0.05) is 35.9 Å². The Morgan fingerprint density at radius 3 is 2.62 bits per heavy atom. The number of benzene rings is 2. The maximum atomic E-state index is 15.2. The standard InChI is InChI=1S/C28H22ClF2N7O2/c1-14(26-35-18-10-6-9-17(29)20(18)28(39)37(26)15-7-4-3-5-8-15)38-27-21(25(32)33-13-34-27)24(36-38)16-11-12-19(40-2)23(31)22(16)30/h3-5,7-8,10-14H,6,9H2,1-2H3,(H2,32,33,34)/t14-/m0/s1. The predicted molar refractivity (Wildman–Crippen MR) is 147 cm³/mol. The highest BCUT2D eigenvalue weighted by atomic mass is 35.5. The summed E-state index contributed by atoms with van der Waals surface area (Å²) in [7, 11) is 1.25. The number of hydrogen-bond acceptors (Lipinski definition) is 7. The minimum atomic E-state index is -1.16. The molecule has 12 heteroatoms. The lowest BCUT2D eigenvalue weighted by molar-refractivity contribution is 0.372. The van der Waals surface area contributed by atoms with Gasteiger partial charge in [0.25, 0.3) is 5.56 Å². The van der Waals surface area contributed by atoms with Crippen LogP contribution in [0.25, 0.3) is 39.1 Å². The number of anilines is 1. The highest BCUT2D eigenvalue weighted by Gasteiger charge is 2.27. The van der Waals surface area contributed by atoms with Crippen molar-refractivity contribution in [3.63, 3.8) is 0 Å². The predicted octanol–water partition coefficient (Wildman–Crippen LogP) is 3.44. The first kappa shape index (κ1) is 25.6. The Kier molecular flexibility index (Phi) is 6.30. The first-order valence-electron chi connectivity index (χ1n) is 12.4. The number of methoxy groups -OCH3 is 1. The number of ether oxygens (including phenoxy) is 1. The third-order valence-corrected chi connectivity index (χ3v) is 7.28. The van der Waals surface area contributed by atoms with Crippen molar-refractivity contribution in [3.05, 3.63) is 87.2 Å². The van der Waals surface area contributed by atoms with Crippen LogP contribution in [0.3, 0.4) is 0 Å². The topological polar surface area (TPSA) is 114 Å². The van der Waals surface area contributed by atoms with E-state index in [1.807, 2.05) is 24.3 Å². The van der Waals surface area contributed by atoms with Crippen LogP contribution in [0.15, 0.2) is 53.6 Å². The minimum Gasteiger partial charge on any atom is -0.494 e. The van der Waals surface area contributed by atoms with Crippen molar-refractivity contribution in [2.45, 2.75) is 25.8 Å². The molecule has 1 aliphatic rings. The second-order valence-corrected chi connectivity index (χ2v) is 9.68. The average Bonchev–Trinajstić information content (AvgIpc) is 3.35. The Hall–Kier alpha value is -4.64. The minimum absolute atomic E-state index is 0.0302. The summed E-state index contributed by atoms with van der Waals surface area (Å²) in [4.78, 5) is 27.2. The molecule has 5 aromatic rings. The molecule has 0 unspecified atom stereocenters. The van der Waals surface area contributed by atoms with Crippen molar-refractivity contribution < 1.29 is 13.5 Å². The number of hydrogen-bond donors (Lipinski definition) is 1. The Bertz CT molecular complexity index is 1990. The van der Waals surface area contributed by atoms with E-state index in [4.69, 9.17) is 27.1 Å². The third kappa shape index (κ3) is 3.92. The Morgan fingerprint density at radius 1 is 1.10 bits per heavy atom. The Morgan fingerprint density at radius 2 is 1.88 bits per heavy atom. The number of halogens is 3. The van der Waals surface area contributed by atoms with Crippen molar-refractivity contribution in [3.8, 4) is 22.7 Å². The van der Waals surface area contributed by atoms with Crippen molar-refractivity contribution in [2.75, 3.05) is 12.8 Å². The van der Waals surface area contributed by atoms with Crippen molar-refractivity contribution in [2.24, 2.45) is 0 Å². The molecule has 6 rings (SSSR count). The molecular formula is C28H22ClF2N7O2. The molecule has 1 atom stereocenters. The van der Waals surface area contributed by atoms with Crippen molar-refractivity contribution in [1.29, 1.82) is 0 Å². The lowest BCUT2D eigenvalue weighted by Crippen LogP contribution is -2.50. The molecule has 9 nitrogen and oxygen atoms in total. The van der Waals surface area contributed by atoms with E-state index in [1.54, 1.807) is 19.1 Å². The molecule has 3 heterocycles.